The van der Waals surface area contributed by atoms with Gasteiger partial charge in [-0.05, 0) is 31.5 Å². The summed E-state index contributed by atoms with van der Waals surface area (Å²) in [4.78, 5) is 17.1. The highest BCUT2D eigenvalue weighted by Crippen LogP contribution is 2.25. The van der Waals surface area contributed by atoms with Gasteiger partial charge in [-0.3, -0.25) is 9.89 Å². The van der Waals surface area contributed by atoms with Gasteiger partial charge in [-0.25, -0.2) is 13.4 Å². The lowest BCUT2D eigenvalue weighted by molar-refractivity contribution is -0.113. The third-order valence-electron chi connectivity index (χ3n) is 5.21. The summed E-state index contributed by atoms with van der Waals surface area (Å²) < 4.78 is 32.5. The number of H-pyrrole nitrogens is 1. The molecule has 9 nitrogen and oxygen atoms in total. The normalized spacial score (nSPS) is 14.8. The summed E-state index contributed by atoms with van der Waals surface area (Å²) in [6.45, 7) is 5.21. The van der Waals surface area contributed by atoms with Crippen molar-refractivity contribution in [3.8, 4) is 11.4 Å². The zero-order valence-corrected chi connectivity index (χ0v) is 20.0. The second-order valence-electron chi connectivity index (χ2n) is 7.66. The number of amides is 1. The van der Waals surface area contributed by atoms with Crippen molar-refractivity contribution in [3.63, 3.8) is 0 Å². The molecule has 0 bridgehead atoms. The molecule has 33 heavy (non-hydrogen) atoms. The molecule has 1 aliphatic heterocycles. The highest BCUT2D eigenvalue weighted by atomic mass is 32.2. The van der Waals surface area contributed by atoms with Crippen LogP contribution >= 0.6 is 11.8 Å². The number of thioether (sulfide) groups is 1. The van der Waals surface area contributed by atoms with Crippen molar-refractivity contribution in [3.05, 3.63) is 53.6 Å². The Kier molecular flexibility index (Phi) is 7.13. The number of hydrogen-bond acceptors (Lipinski definition) is 7. The fraction of sp³-hybridized carbons (Fsp3) is 0.318. The van der Waals surface area contributed by atoms with Crippen LogP contribution in [-0.4, -0.2) is 65.9 Å². The Hall–Kier alpha value is -2.73. The first-order valence-corrected chi connectivity index (χ1v) is 12.9. The Morgan fingerprint density at radius 2 is 1.88 bits per heavy atom. The molecule has 1 fully saturated rings. The zero-order valence-electron chi connectivity index (χ0n) is 18.4. The minimum atomic E-state index is -3.65. The number of nitrogens with one attached hydrogen (secondary N) is 2. The predicted octanol–water partition coefficient (Wildman–Crippen LogP) is 2.84. The van der Waals surface area contributed by atoms with E-state index in [1.165, 1.54) is 22.1 Å². The summed E-state index contributed by atoms with van der Waals surface area (Å²) in [7, 11) is -3.65. The zero-order chi connectivity index (χ0) is 23.4. The van der Waals surface area contributed by atoms with Crippen molar-refractivity contribution in [2.75, 3.05) is 37.4 Å². The summed E-state index contributed by atoms with van der Waals surface area (Å²) in [5.41, 5.74) is 3.30. The van der Waals surface area contributed by atoms with Crippen LogP contribution in [0.5, 0.6) is 0 Å². The maximum atomic E-state index is 12.9. The van der Waals surface area contributed by atoms with Gasteiger partial charge >= 0.3 is 0 Å². The average Bonchev–Trinajstić information content (AvgIpc) is 3.29. The number of nitrogens with zero attached hydrogens (tertiary/aromatic N) is 3. The van der Waals surface area contributed by atoms with Gasteiger partial charge in [0.05, 0.1) is 23.9 Å². The van der Waals surface area contributed by atoms with Crippen LogP contribution in [0.15, 0.2) is 52.5 Å². The Morgan fingerprint density at radius 1 is 1.15 bits per heavy atom. The first-order chi connectivity index (χ1) is 15.8. The lowest BCUT2D eigenvalue weighted by Crippen LogP contribution is -2.40. The summed E-state index contributed by atoms with van der Waals surface area (Å²) in [5, 5.41) is 10.3. The molecule has 0 atom stereocenters. The van der Waals surface area contributed by atoms with E-state index >= 15 is 0 Å². The van der Waals surface area contributed by atoms with Crippen LogP contribution in [0.3, 0.4) is 0 Å². The molecule has 1 aliphatic rings. The van der Waals surface area contributed by atoms with Gasteiger partial charge in [0.1, 0.15) is 0 Å². The Bertz CT molecular complexity index is 1240. The molecule has 0 aliphatic carbocycles. The maximum absolute atomic E-state index is 12.9. The van der Waals surface area contributed by atoms with E-state index in [0.29, 0.717) is 43.0 Å². The third kappa shape index (κ3) is 5.61. The van der Waals surface area contributed by atoms with E-state index in [1.54, 1.807) is 12.1 Å². The monoisotopic (exact) mass is 487 g/mol. The van der Waals surface area contributed by atoms with Gasteiger partial charge in [0.25, 0.3) is 0 Å². The fourth-order valence-electron chi connectivity index (χ4n) is 3.30. The van der Waals surface area contributed by atoms with Crippen molar-refractivity contribution in [1.29, 1.82) is 0 Å². The number of benzene rings is 2. The van der Waals surface area contributed by atoms with Crippen LogP contribution in [0.25, 0.3) is 11.4 Å². The lowest BCUT2D eigenvalue weighted by atomic mass is 10.1. The van der Waals surface area contributed by atoms with Crippen molar-refractivity contribution in [1.82, 2.24) is 19.5 Å². The number of aryl methyl sites for hydroxylation is 2. The number of aromatic amines is 1. The smallest absolute Gasteiger partial charge is 0.243 e. The molecule has 0 unspecified atom stereocenters. The number of morpholine rings is 1. The Balaban J connectivity index is 1.39. The van der Waals surface area contributed by atoms with Gasteiger partial charge in [0, 0.05) is 24.3 Å². The van der Waals surface area contributed by atoms with E-state index in [-0.39, 0.29) is 16.6 Å². The predicted molar refractivity (Wildman–Crippen MR) is 127 cm³/mol. The number of ether oxygens (including phenoxy) is 1. The number of sulfonamides is 1. The summed E-state index contributed by atoms with van der Waals surface area (Å²) in [6.07, 6.45) is 0. The Labute approximate surface area is 197 Å². The van der Waals surface area contributed by atoms with Gasteiger partial charge in [0.15, 0.2) is 5.82 Å². The third-order valence-corrected chi connectivity index (χ3v) is 7.96. The minimum Gasteiger partial charge on any atom is -0.379 e. The topological polar surface area (TPSA) is 117 Å². The van der Waals surface area contributed by atoms with Gasteiger partial charge in [-0.2, -0.15) is 4.31 Å². The molecule has 2 heterocycles. The van der Waals surface area contributed by atoms with Gasteiger partial charge in [0.2, 0.25) is 21.1 Å². The first-order valence-electron chi connectivity index (χ1n) is 10.4. The van der Waals surface area contributed by atoms with Gasteiger partial charge in [-0.15, -0.1) is 5.10 Å². The van der Waals surface area contributed by atoms with Crippen LogP contribution in [0.1, 0.15) is 11.1 Å². The number of anilines is 1. The molecule has 1 aromatic heterocycles. The largest absolute Gasteiger partial charge is 0.379 e. The first kappa shape index (κ1) is 23.4. The number of rotatable bonds is 7. The molecule has 174 valence electrons. The Morgan fingerprint density at radius 3 is 2.61 bits per heavy atom. The number of carbonyl (C=O) groups excluding carboxylic acids is 1. The lowest BCUT2D eigenvalue weighted by Gasteiger charge is -2.26. The SMILES string of the molecule is Cc1ccc(-c2nc(SCC(=O)Nc3cc(S(=O)(=O)N4CCOCC4)ccc3C)n[nH]2)cc1. The highest BCUT2D eigenvalue weighted by Gasteiger charge is 2.27. The summed E-state index contributed by atoms with van der Waals surface area (Å²) >= 11 is 1.20. The second kappa shape index (κ2) is 10.0. The number of carbonyl (C=O) groups is 1. The van der Waals surface area contributed by atoms with E-state index in [0.717, 1.165) is 16.7 Å². The quantitative estimate of drug-likeness (QED) is 0.492. The molecular weight excluding hydrogens is 462 g/mol. The van der Waals surface area contributed by atoms with E-state index in [1.807, 2.05) is 38.1 Å². The molecule has 2 N–H and O–H groups in total. The van der Waals surface area contributed by atoms with E-state index in [9.17, 15) is 13.2 Å². The molecule has 1 amide bonds. The van der Waals surface area contributed by atoms with Crippen molar-refractivity contribution in [2.24, 2.45) is 0 Å². The maximum Gasteiger partial charge on any atom is 0.243 e. The number of hydrogen-bond donors (Lipinski definition) is 2. The van der Waals surface area contributed by atoms with Crippen LogP contribution in [0.2, 0.25) is 0 Å². The highest BCUT2D eigenvalue weighted by molar-refractivity contribution is 7.99. The molecular formula is C22H25N5O4S2. The molecule has 11 heteroatoms. The van der Waals surface area contributed by atoms with Crippen LogP contribution in [-0.2, 0) is 19.6 Å². The minimum absolute atomic E-state index is 0.0884. The fourth-order valence-corrected chi connectivity index (χ4v) is 5.33. The molecule has 2 aromatic carbocycles. The summed E-state index contributed by atoms with van der Waals surface area (Å²) in [6, 6.07) is 12.7. The second-order valence-corrected chi connectivity index (χ2v) is 10.5. The van der Waals surface area contributed by atoms with Gasteiger partial charge in [-0.1, -0.05) is 47.7 Å². The van der Waals surface area contributed by atoms with Crippen molar-refractivity contribution < 1.29 is 17.9 Å². The molecule has 0 radical (unpaired) electrons. The summed E-state index contributed by atoms with van der Waals surface area (Å²) in [5.74, 6) is 0.450. The van der Waals surface area contributed by atoms with Gasteiger partial charge < -0.3 is 10.1 Å². The molecule has 0 saturated carbocycles. The van der Waals surface area contributed by atoms with E-state index < -0.39 is 10.0 Å². The van der Waals surface area contributed by atoms with Crippen molar-refractivity contribution in [2.45, 2.75) is 23.9 Å². The molecule has 4 rings (SSSR count). The van der Waals surface area contributed by atoms with Crippen LogP contribution < -0.4 is 5.32 Å². The van der Waals surface area contributed by atoms with E-state index in [4.69, 9.17) is 4.74 Å². The average molecular weight is 488 g/mol. The standard InChI is InChI=1S/C22H25N5O4S2/c1-15-3-6-17(7-4-15)21-24-22(26-25-21)32-14-20(28)23-19-13-18(8-5-16(19)2)33(29,30)27-9-11-31-12-10-27/h3-8,13H,9-12,14H2,1-2H3,(H,23,28)(H,24,25,26). The molecule has 3 aromatic rings. The van der Waals surface area contributed by atoms with Crippen LogP contribution in [0, 0.1) is 13.8 Å². The molecule has 1 saturated heterocycles. The number of aromatic nitrogens is 3. The van der Waals surface area contributed by atoms with E-state index in [2.05, 4.69) is 20.5 Å². The van der Waals surface area contributed by atoms with Crippen LogP contribution in [0.4, 0.5) is 5.69 Å². The van der Waals surface area contributed by atoms with Crippen molar-refractivity contribution >= 4 is 33.4 Å². The molecule has 0 spiro atoms.